The molecule has 1 unspecified atom stereocenters. The van der Waals surface area contributed by atoms with Gasteiger partial charge in [-0.3, -0.25) is 9.69 Å². The van der Waals surface area contributed by atoms with E-state index in [-0.39, 0.29) is 11.4 Å². The van der Waals surface area contributed by atoms with E-state index in [1.807, 2.05) is 13.8 Å². The van der Waals surface area contributed by atoms with E-state index < -0.39 is 5.54 Å². The van der Waals surface area contributed by atoms with Crippen molar-refractivity contribution >= 4 is 5.91 Å². The molecule has 23 heavy (non-hydrogen) atoms. The molecule has 1 amide bonds. The van der Waals surface area contributed by atoms with Crippen LogP contribution in [0.4, 0.5) is 0 Å². The molecule has 0 aliphatic heterocycles. The van der Waals surface area contributed by atoms with E-state index in [1.54, 1.807) is 0 Å². The van der Waals surface area contributed by atoms with Crippen LogP contribution in [0.25, 0.3) is 0 Å². The third kappa shape index (κ3) is 3.60. The average Bonchev–Trinajstić information content (AvgIpc) is 2.88. The third-order valence-electron chi connectivity index (χ3n) is 5.48. The number of nitrogens with zero attached hydrogens (tertiary/aromatic N) is 2. The van der Waals surface area contributed by atoms with Gasteiger partial charge in [-0.1, -0.05) is 32.9 Å². The molecular formula is C18H33N3O2. The molecule has 0 bridgehead atoms. The molecule has 132 valence electrons. The van der Waals surface area contributed by atoms with Crippen molar-refractivity contribution in [2.45, 2.75) is 79.3 Å². The van der Waals surface area contributed by atoms with Crippen molar-refractivity contribution < 1.29 is 9.32 Å². The molecule has 0 radical (unpaired) electrons. The Morgan fingerprint density at radius 2 is 1.74 bits per heavy atom. The number of rotatable bonds is 8. The summed E-state index contributed by atoms with van der Waals surface area (Å²) in [6.45, 7) is 18.7. The lowest BCUT2D eigenvalue weighted by atomic mass is 9.77. The highest BCUT2D eigenvalue weighted by atomic mass is 16.5. The molecule has 1 atom stereocenters. The fourth-order valence-corrected chi connectivity index (χ4v) is 3.37. The zero-order valence-electron chi connectivity index (χ0n) is 16.0. The largest absolute Gasteiger partial charge is 0.360 e. The van der Waals surface area contributed by atoms with Crippen LogP contribution in [0.2, 0.25) is 0 Å². The van der Waals surface area contributed by atoms with E-state index >= 15 is 0 Å². The fourth-order valence-electron chi connectivity index (χ4n) is 3.37. The second kappa shape index (κ2) is 7.47. The molecule has 0 aliphatic rings. The monoisotopic (exact) mass is 323 g/mol. The summed E-state index contributed by atoms with van der Waals surface area (Å²) >= 11 is 0. The van der Waals surface area contributed by atoms with E-state index in [0.717, 1.165) is 37.3 Å². The van der Waals surface area contributed by atoms with E-state index in [2.05, 4.69) is 56.9 Å². The predicted octanol–water partition coefficient (Wildman–Crippen LogP) is 3.56. The molecule has 1 aromatic rings. The first kappa shape index (κ1) is 19.7. The lowest BCUT2D eigenvalue weighted by Gasteiger charge is -2.51. The number of amides is 1. The average molecular weight is 323 g/mol. The maximum atomic E-state index is 12.7. The van der Waals surface area contributed by atoms with E-state index in [1.165, 1.54) is 0 Å². The Kier molecular flexibility index (Phi) is 6.40. The molecule has 0 saturated heterocycles. The maximum absolute atomic E-state index is 12.7. The molecular weight excluding hydrogens is 290 g/mol. The van der Waals surface area contributed by atoms with Crippen molar-refractivity contribution in [3.8, 4) is 0 Å². The SMILES string of the molecule is CCc1onc(C(=O)NC(C)(C)C(C)(CC)N(CC)CC)c1C. The van der Waals surface area contributed by atoms with Crippen LogP contribution in [0.5, 0.6) is 0 Å². The first-order chi connectivity index (χ1) is 10.7. The minimum atomic E-state index is -0.400. The summed E-state index contributed by atoms with van der Waals surface area (Å²) in [5.41, 5.74) is 0.690. The number of hydrogen-bond acceptors (Lipinski definition) is 4. The minimum absolute atomic E-state index is 0.141. The lowest BCUT2D eigenvalue weighted by molar-refractivity contribution is 0.0267. The molecule has 1 rings (SSSR count). The quantitative estimate of drug-likeness (QED) is 0.794. The number of nitrogens with one attached hydrogen (secondary N) is 1. The normalized spacial score (nSPS) is 14.8. The highest BCUT2D eigenvalue weighted by molar-refractivity contribution is 5.94. The molecule has 0 aromatic carbocycles. The van der Waals surface area contributed by atoms with Gasteiger partial charge in [-0.25, -0.2) is 0 Å². The number of hydrogen-bond donors (Lipinski definition) is 1. The fraction of sp³-hybridized carbons (Fsp3) is 0.778. The van der Waals surface area contributed by atoms with Crippen molar-refractivity contribution in [2.75, 3.05) is 13.1 Å². The van der Waals surface area contributed by atoms with Crippen molar-refractivity contribution in [1.29, 1.82) is 0 Å². The van der Waals surface area contributed by atoms with Gasteiger partial charge >= 0.3 is 0 Å². The van der Waals surface area contributed by atoms with Gasteiger partial charge < -0.3 is 9.84 Å². The molecule has 0 saturated carbocycles. The van der Waals surface area contributed by atoms with Crippen LogP contribution < -0.4 is 5.32 Å². The number of carbonyl (C=O) groups excluding carboxylic acids is 1. The third-order valence-corrected chi connectivity index (χ3v) is 5.48. The molecule has 0 aliphatic carbocycles. The molecule has 5 nitrogen and oxygen atoms in total. The maximum Gasteiger partial charge on any atom is 0.274 e. The summed E-state index contributed by atoms with van der Waals surface area (Å²) in [7, 11) is 0. The summed E-state index contributed by atoms with van der Waals surface area (Å²) in [4.78, 5) is 15.1. The molecule has 5 heteroatoms. The summed E-state index contributed by atoms with van der Waals surface area (Å²) in [6.07, 6.45) is 1.68. The predicted molar refractivity (Wildman–Crippen MR) is 93.8 cm³/mol. The Labute approximate surface area is 140 Å². The Hall–Kier alpha value is -1.36. The molecule has 1 N–H and O–H groups in total. The summed E-state index contributed by atoms with van der Waals surface area (Å²) in [6, 6.07) is 0. The van der Waals surface area contributed by atoms with Crippen LogP contribution >= 0.6 is 0 Å². The van der Waals surface area contributed by atoms with E-state index in [0.29, 0.717) is 5.69 Å². The highest BCUT2D eigenvalue weighted by Gasteiger charge is 2.44. The van der Waals surface area contributed by atoms with Gasteiger partial charge in [-0.2, -0.15) is 0 Å². The molecule has 0 spiro atoms. The summed E-state index contributed by atoms with van der Waals surface area (Å²) in [5.74, 6) is 0.609. The second-order valence-electron chi connectivity index (χ2n) is 6.81. The van der Waals surface area contributed by atoms with Crippen LogP contribution in [0, 0.1) is 6.92 Å². The molecule has 0 fully saturated rings. The van der Waals surface area contributed by atoms with Gasteiger partial charge in [0.2, 0.25) is 0 Å². The van der Waals surface area contributed by atoms with Crippen molar-refractivity contribution in [2.24, 2.45) is 0 Å². The van der Waals surface area contributed by atoms with Crippen LogP contribution in [-0.2, 0) is 6.42 Å². The van der Waals surface area contributed by atoms with Crippen molar-refractivity contribution in [1.82, 2.24) is 15.4 Å². The van der Waals surface area contributed by atoms with Crippen LogP contribution in [0.15, 0.2) is 4.52 Å². The highest BCUT2D eigenvalue weighted by Crippen LogP contribution is 2.32. The van der Waals surface area contributed by atoms with Gasteiger partial charge in [-0.05, 0) is 47.2 Å². The standard InChI is InChI=1S/C18H33N3O2/c1-9-14-13(5)15(20-23-14)16(22)19-17(6,7)18(8,10-2)21(11-3)12-4/h9-12H2,1-8H3,(H,19,22). The first-order valence-electron chi connectivity index (χ1n) is 8.71. The molecule has 1 aromatic heterocycles. The Bertz CT molecular complexity index is 532. The summed E-state index contributed by atoms with van der Waals surface area (Å²) < 4.78 is 5.26. The lowest BCUT2D eigenvalue weighted by Crippen LogP contribution is -2.66. The Balaban J connectivity index is 3.07. The number of aryl methyl sites for hydroxylation is 1. The van der Waals surface area contributed by atoms with Gasteiger partial charge in [0, 0.05) is 17.5 Å². The number of aromatic nitrogens is 1. The van der Waals surface area contributed by atoms with Gasteiger partial charge in [0.15, 0.2) is 5.69 Å². The van der Waals surface area contributed by atoms with Gasteiger partial charge in [0.1, 0.15) is 5.76 Å². The second-order valence-corrected chi connectivity index (χ2v) is 6.81. The van der Waals surface area contributed by atoms with Crippen LogP contribution in [0.1, 0.15) is 76.7 Å². The topological polar surface area (TPSA) is 58.4 Å². The number of carbonyl (C=O) groups is 1. The van der Waals surface area contributed by atoms with Crippen LogP contribution in [0.3, 0.4) is 0 Å². The smallest absolute Gasteiger partial charge is 0.274 e. The van der Waals surface area contributed by atoms with Gasteiger partial charge in [0.05, 0.1) is 5.54 Å². The van der Waals surface area contributed by atoms with E-state index in [4.69, 9.17) is 4.52 Å². The number of likely N-dealkylation sites (N-methyl/N-ethyl adjacent to an activating group) is 1. The Morgan fingerprint density at radius 3 is 2.13 bits per heavy atom. The molecule has 1 heterocycles. The van der Waals surface area contributed by atoms with Gasteiger partial charge in [-0.15, -0.1) is 0 Å². The van der Waals surface area contributed by atoms with Gasteiger partial charge in [0.25, 0.3) is 5.91 Å². The van der Waals surface area contributed by atoms with Crippen molar-refractivity contribution in [3.63, 3.8) is 0 Å². The zero-order valence-corrected chi connectivity index (χ0v) is 16.0. The van der Waals surface area contributed by atoms with E-state index in [9.17, 15) is 4.79 Å². The van der Waals surface area contributed by atoms with Crippen LogP contribution in [-0.4, -0.2) is 40.1 Å². The summed E-state index contributed by atoms with van der Waals surface area (Å²) in [5, 5.41) is 7.15. The Morgan fingerprint density at radius 1 is 1.17 bits per heavy atom. The van der Waals surface area contributed by atoms with Crippen molar-refractivity contribution in [3.05, 3.63) is 17.0 Å². The minimum Gasteiger partial charge on any atom is -0.360 e. The first-order valence-corrected chi connectivity index (χ1v) is 8.71. The zero-order chi connectivity index (χ0) is 17.8.